The van der Waals surface area contributed by atoms with E-state index < -0.39 is 24.3 Å². The SMILES string of the molecule is CC(C)OCc1nn(C)c2c1CCN(Cc1ccccn1)C2.O=C(O)C(F)(F)F.O=C(O)C(F)(F)F. The summed E-state index contributed by atoms with van der Waals surface area (Å²) >= 11 is 0. The number of aromatic nitrogens is 3. The molecular weight excluding hydrogens is 502 g/mol. The van der Waals surface area contributed by atoms with Crippen LogP contribution in [-0.4, -0.2) is 66.8 Å². The lowest BCUT2D eigenvalue weighted by Crippen LogP contribution is -2.31. The van der Waals surface area contributed by atoms with E-state index in [1.807, 2.05) is 30.1 Å². The van der Waals surface area contributed by atoms with Crippen LogP contribution in [0.3, 0.4) is 0 Å². The molecule has 0 atom stereocenters. The molecule has 0 saturated carbocycles. The zero-order chi connectivity index (χ0) is 27.7. The third kappa shape index (κ3) is 10.6. The Morgan fingerprint density at radius 3 is 2.08 bits per heavy atom. The van der Waals surface area contributed by atoms with Crippen molar-refractivity contribution < 1.29 is 50.9 Å². The molecule has 3 heterocycles. The number of ether oxygens (including phenoxy) is 1. The average molecular weight is 528 g/mol. The van der Waals surface area contributed by atoms with Gasteiger partial charge in [-0.3, -0.25) is 14.6 Å². The van der Waals surface area contributed by atoms with Crippen LogP contribution in [0.5, 0.6) is 0 Å². The molecule has 36 heavy (non-hydrogen) atoms. The molecule has 1 aliphatic heterocycles. The van der Waals surface area contributed by atoms with Crippen molar-refractivity contribution in [1.82, 2.24) is 19.7 Å². The number of hydrogen-bond donors (Lipinski definition) is 2. The first-order chi connectivity index (χ1) is 16.5. The highest BCUT2D eigenvalue weighted by atomic mass is 19.4. The van der Waals surface area contributed by atoms with Crippen molar-refractivity contribution in [3.8, 4) is 0 Å². The molecule has 15 heteroatoms. The molecule has 0 unspecified atom stereocenters. The third-order valence-corrected chi connectivity index (χ3v) is 4.56. The minimum absolute atomic E-state index is 0.238. The van der Waals surface area contributed by atoms with E-state index in [0.717, 1.165) is 37.4 Å². The quantitative estimate of drug-likeness (QED) is 0.566. The second kappa shape index (κ2) is 13.2. The molecule has 9 nitrogen and oxygen atoms in total. The predicted octanol–water partition coefficient (Wildman–Crippen LogP) is 3.57. The Morgan fingerprint density at radius 2 is 1.64 bits per heavy atom. The molecule has 0 aliphatic carbocycles. The van der Waals surface area contributed by atoms with Crippen molar-refractivity contribution in [2.24, 2.45) is 7.05 Å². The number of halogens is 6. The summed E-state index contributed by atoms with van der Waals surface area (Å²) < 4.78 is 71.2. The van der Waals surface area contributed by atoms with E-state index in [1.165, 1.54) is 11.3 Å². The number of fused-ring (bicyclic) bond motifs is 1. The first-order valence-corrected chi connectivity index (χ1v) is 10.4. The van der Waals surface area contributed by atoms with Gasteiger partial charge in [0.25, 0.3) is 0 Å². The molecule has 0 bridgehead atoms. The summed E-state index contributed by atoms with van der Waals surface area (Å²) in [6.07, 6.45) is -7.04. The zero-order valence-corrected chi connectivity index (χ0v) is 19.6. The monoisotopic (exact) mass is 528 g/mol. The van der Waals surface area contributed by atoms with Crippen molar-refractivity contribution in [1.29, 1.82) is 0 Å². The normalized spacial score (nSPS) is 13.7. The summed E-state index contributed by atoms with van der Waals surface area (Å²) in [7, 11) is 2.03. The number of alkyl halides is 6. The lowest BCUT2D eigenvalue weighted by atomic mass is 10.0. The van der Waals surface area contributed by atoms with Crippen LogP contribution in [0.15, 0.2) is 24.4 Å². The molecule has 0 spiro atoms. The van der Waals surface area contributed by atoms with E-state index >= 15 is 0 Å². The minimum atomic E-state index is -5.08. The van der Waals surface area contributed by atoms with Gasteiger partial charge in [-0.1, -0.05) is 6.07 Å². The number of carboxylic acid groups (broad SMARTS) is 2. The van der Waals surface area contributed by atoms with E-state index in [-0.39, 0.29) is 6.10 Å². The fourth-order valence-electron chi connectivity index (χ4n) is 2.93. The molecular formula is C21H26F6N4O5. The van der Waals surface area contributed by atoms with Crippen LogP contribution >= 0.6 is 0 Å². The number of carbonyl (C=O) groups is 2. The van der Waals surface area contributed by atoms with Crippen LogP contribution in [-0.2, 0) is 47.5 Å². The summed E-state index contributed by atoms with van der Waals surface area (Å²) in [5.74, 6) is -5.51. The van der Waals surface area contributed by atoms with E-state index in [9.17, 15) is 26.3 Å². The summed E-state index contributed by atoms with van der Waals surface area (Å²) in [5.41, 5.74) is 4.91. The predicted molar refractivity (Wildman–Crippen MR) is 113 cm³/mol. The van der Waals surface area contributed by atoms with E-state index in [0.29, 0.717) is 6.61 Å². The second-order valence-corrected chi connectivity index (χ2v) is 7.74. The molecule has 0 fully saturated rings. The molecule has 0 amide bonds. The van der Waals surface area contributed by atoms with E-state index in [1.54, 1.807) is 0 Å². The van der Waals surface area contributed by atoms with E-state index in [4.69, 9.17) is 24.5 Å². The van der Waals surface area contributed by atoms with Crippen LogP contribution < -0.4 is 0 Å². The number of pyridine rings is 1. The van der Waals surface area contributed by atoms with E-state index in [2.05, 4.69) is 34.9 Å². The summed E-state index contributed by atoms with van der Waals surface area (Å²) in [6, 6.07) is 6.09. The van der Waals surface area contributed by atoms with Crippen molar-refractivity contribution >= 4 is 11.9 Å². The topological polar surface area (TPSA) is 118 Å². The highest BCUT2D eigenvalue weighted by Gasteiger charge is 2.38. The smallest absolute Gasteiger partial charge is 0.475 e. The number of nitrogens with zero attached hydrogens (tertiary/aromatic N) is 4. The highest BCUT2D eigenvalue weighted by Crippen LogP contribution is 2.23. The van der Waals surface area contributed by atoms with Gasteiger partial charge in [-0.2, -0.15) is 31.4 Å². The molecule has 1 aliphatic rings. The minimum Gasteiger partial charge on any atom is -0.475 e. The Labute approximate surface area is 202 Å². The van der Waals surface area contributed by atoms with Gasteiger partial charge in [0.2, 0.25) is 0 Å². The maximum Gasteiger partial charge on any atom is 0.490 e. The first kappa shape index (κ1) is 30.8. The van der Waals surface area contributed by atoms with Gasteiger partial charge in [0, 0.05) is 38.4 Å². The van der Waals surface area contributed by atoms with Gasteiger partial charge < -0.3 is 14.9 Å². The molecule has 202 valence electrons. The molecule has 2 aromatic rings. The van der Waals surface area contributed by atoms with Gasteiger partial charge in [0.1, 0.15) is 0 Å². The summed E-state index contributed by atoms with van der Waals surface area (Å²) in [5, 5.41) is 18.9. The Balaban J connectivity index is 0.000000383. The standard InChI is InChI=1S/C17H24N4O.2C2HF3O2/c1-13(2)22-12-16-15-7-9-21(11-17(15)20(3)19-16)10-14-6-4-5-8-18-14;2*3-2(4,5)1(6)7/h4-6,8,13H,7,9-12H2,1-3H3;2*(H,6,7). The lowest BCUT2D eigenvalue weighted by Gasteiger charge is -2.27. The zero-order valence-electron chi connectivity index (χ0n) is 19.6. The summed E-state index contributed by atoms with van der Waals surface area (Å²) in [6.45, 7) is 7.60. The van der Waals surface area contributed by atoms with Crippen LogP contribution in [0.4, 0.5) is 26.3 Å². The van der Waals surface area contributed by atoms with Gasteiger partial charge in [0.15, 0.2) is 0 Å². The molecule has 0 radical (unpaired) electrons. The van der Waals surface area contributed by atoms with Crippen LogP contribution in [0.25, 0.3) is 0 Å². The van der Waals surface area contributed by atoms with Gasteiger partial charge in [-0.15, -0.1) is 0 Å². The largest absolute Gasteiger partial charge is 0.490 e. The Bertz CT molecular complexity index is 969. The fraction of sp³-hybridized carbons (Fsp3) is 0.524. The van der Waals surface area contributed by atoms with Crippen molar-refractivity contribution in [3.05, 3.63) is 47.0 Å². The molecule has 3 rings (SSSR count). The maximum absolute atomic E-state index is 10.6. The van der Waals surface area contributed by atoms with Gasteiger partial charge >= 0.3 is 24.3 Å². The Kier molecular flexibility index (Phi) is 11.3. The first-order valence-electron chi connectivity index (χ1n) is 10.4. The Morgan fingerprint density at radius 1 is 1.08 bits per heavy atom. The van der Waals surface area contributed by atoms with Crippen LogP contribution in [0, 0.1) is 0 Å². The maximum atomic E-state index is 10.6. The number of carboxylic acids is 2. The number of aryl methyl sites for hydroxylation is 1. The van der Waals surface area contributed by atoms with Gasteiger partial charge in [-0.25, -0.2) is 9.59 Å². The fourth-order valence-corrected chi connectivity index (χ4v) is 2.93. The second-order valence-electron chi connectivity index (χ2n) is 7.74. The number of rotatable bonds is 5. The molecule has 0 aromatic carbocycles. The average Bonchev–Trinajstić information content (AvgIpc) is 3.07. The Hall–Kier alpha value is -3.20. The molecule has 2 N–H and O–H groups in total. The van der Waals surface area contributed by atoms with Crippen LogP contribution in [0.1, 0.15) is 36.5 Å². The highest BCUT2D eigenvalue weighted by molar-refractivity contribution is 5.73. The lowest BCUT2D eigenvalue weighted by molar-refractivity contribution is -0.193. The third-order valence-electron chi connectivity index (χ3n) is 4.56. The van der Waals surface area contributed by atoms with Crippen LogP contribution in [0.2, 0.25) is 0 Å². The van der Waals surface area contributed by atoms with Gasteiger partial charge in [-0.05, 0) is 32.4 Å². The summed E-state index contributed by atoms with van der Waals surface area (Å²) in [4.78, 5) is 24.6. The molecule has 2 aromatic heterocycles. The number of hydrogen-bond acceptors (Lipinski definition) is 6. The van der Waals surface area contributed by atoms with Gasteiger partial charge in [0.05, 0.1) is 29.8 Å². The number of aliphatic carboxylic acids is 2. The van der Waals surface area contributed by atoms with Crippen molar-refractivity contribution in [2.75, 3.05) is 6.54 Å². The van der Waals surface area contributed by atoms with Crippen molar-refractivity contribution in [3.63, 3.8) is 0 Å². The molecule has 0 saturated heterocycles. The van der Waals surface area contributed by atoms with Crippen molar-refractivity contribution in [2.45, 2.75) is 58.4 Å².